The van der Waals surface area contributed by atoms with Crippen LogP contribution in [-0.4, -0.2) is 96.7 Å². The van der Waals surface area contributed by atoms with Crippen LogP contribution in [0.5, 0.6) is 0 Å². The van der Waals surface area contributed by atoms with Crippen LogP contribution in [0.15, 0.2) is 85.1 Å². The molecule has 0 fully saturated rings. The minimum absolute atomic E-state index is 0.0826. The van der Waals surface area contributed by atoms with Gasteiger partial charge in [-0.3, -0.25) is 37.3 Å². The highest BCUT2D eigenvalue weighted by molar-refractivity contribution is 7.47. The molecule has 0 aromatic heterocycles. The SMILES string of the molecule is CC/C=C\C/C=C\C/C=C\CCCCCCCCCC(=O)OCC(COP(=O)(O)OCC(O)COP(=O)(O)OCC(COC(=O)CCCCCCC/C=C\C/C=C\C/C=C\CC)OC(=O)CCCCCCC/C=C\CCCCCC)OC(=O)CCCCCCCCCCCCC. The van der Waals surface area contributed by atoms with Crippen molar-refractivity contribution < 1.29 is 80.2 Å². The van der Waals surface area contributed by atoms with Crippen LogP contribution in [0.4, 0.5) is 0 Å². The van der Waals surface area contributed by atoms with Crippen molar-refractivity contribution in [3.8, 4) is 0 Å². The molecule has 5 unspecified atom stereocenters. The van der Waals surface area contributed by atoms with Gasteiger partial charge in [0.05, 0.1) is 26.4 Å². The first-order chi connectivity index (χ1) is 46.7. The van der Waals surface area contributed by atoms with E-state index in [1.54, 1.807) is 0 Å². The van der Waals surface area contributed by atoms with E-state index in [2.05, 4.69) is 113 Å². The summed E-state index contributed by atoms with van der Waals surface area (Å²) in [6.45, 7) is 4.62. The molecule has 0 aliphatic carbocycles. The van der Waals surface area contributed by atoms with Gasteiger partial charge in [0, 0.05) is 25.7 Å². The van der Waals surface area contributed by atoms with Crippen molar-refractivity contribution in [1.29, 1.82) is 0 Å². The number of phosphoric acid groups is 2. The number of aliphatic hydroxyl groups is 1. The molecule has 17 nitrogen and oxygen atoms in total. The smallest absolute Gasteiger partial charge is 0.462 e. The van der Waals surface area contributed by atoms with Gasteiger partial charge < -0.3 is 33.8 Å². The third-order valence-electron chi connectivity index (χ3n) is 15.9. The van der Waals surface area contributed by atoms with E-state index in [0.717, 1.165) is 180 Å². The van der Waals surface area contributed by atoms with Gasteiger partial charge in [0.15, 0.2) is 12.2 Å². The minimum atomic E-state index is -4.97. The van der Waals surface area contributed by atoms with E-state index in [-0.39, 0.29) is 25.7 Å². The third kappa shape index (κ3) is 68.8. The number of ether oxygens (including phenoxy) is 4. The molecular weight excluding hydrogens is 1260 g/mol. The second kappa shape index (κ2) is 69.7. The predicted molar refractivity (Wildman–Crippen MR) is 390 cm³/mol. The number of rotatable bonds is 71. The standard InChI is InChI=1S/C77H136O17P2/c1-5-9-13-17-21-25-29-32-34-35-37-40-43-46-50-54-58-62-75(80)87-67-72(93-76(81)63-59-55-51-47-41-28-24-20-16-12-8-4)69-91-95(83,84)89-65-71(78)66-90-96(85,86)92-70-73(94-77(82)64-60-56-52-48-44-38-31-27-23-19-15-11-7-3)68-88-74(79)61-57-53-49-45-42-39-36-33-30-26-22-18-14-10-6-2/h9-10,13-14,21-22,25-27,31-34,36,71-73,78H,5-8,11-12,15-20,23-24,28-30,35,37-70H2,1-4H3,(H,83,84)(H,85,86)/b13-9-,14-10-,25-21-,26-22-,31-27-,34-32-,36-33-. The minimum Gasteiger partial charge on any atom is -0.462 e. The summed E-state index contributed by atoms with van der Waals surface area (Å²) in [6, 6.07) is 0. The van der Waals surface area contributed by atoms with Gasteiger partial charge in [-0.15, -0.1) is 0 Å². The summed E-state index contributed by atoms with van der Waals surface area (Å²) >= 11 is 0. The number of carbonyl (C=O) groups excluding carboxylic acids is 4. The first-order valence-electron chi connectivity index (χ1n) is 37.8. The van der Waals surface area contributed by atoms with Crippen molar-refractivity contribution in [1.82, 2.24) is 0 Å². The number of allylic oxidation sites excluding steroid dienone is 14. The molecule has 556 valence electrons. The lowest BCUT2D eigenvalue weighted by atomic mass is 10.1. The third-order valence-corrected chi connectivity index (χ3v) is 17.8. The van der Waals surface area contributed by atoms with Crippen LogP contribution in [0.25, 0.3) is 0 Å². The van der Waals surface area contributed by atoms with Gasteiger partial charge in [0.1, 0.15) is 19.3 Å². The van der Waals surface area contributed by atoms with Crippen LogP contribution in [0.3, 0.4) is 0 Å². The predicted octanol–water partition coefficient (Wildman–Crippen LogP) is 21.4. The molecule has 3 N–H and O–H groups in total. The number of aliphatic hydroxyl groups excluding tert-OH is 1. The van der Waals surface area contributed by atoms with Gasteiger partial charge in [-0.05, 0) is 116 Å². The van der Waals surface area contributed by atoms with Crippen molar-refractivity contribution in [3.63, 3.8) is 0 Å². The maximum atomic E-state index is 13.1. The van der Waals surface area contributed by atoms with Crippen molar-refractivity contribution in [2.24, 2.45) is 0 Å². The number of esters is 4. The zero-order valence-electron chi connectivity index (χ0n) is 60.5. The van der Waals surface area contributed by atoms with Crippen LogP contribution in [0, 0.1) is 0 Å². The number of carbonyl (C=O) groups is 4. The largest absolute Gasteiger partial charge is 0.472 e. The first kappa shape index (κ1) is 92.2. The highest BCUT2D eigenvalue weighted by Crippen LogP contribution is 2.45. The Bertz CT molecular complexity index is 2160. The molecule has 0 bridgehead atoms. The highest BCUT2D eigenvalue weighted by Gasteiger charge is 2.30. The summed E-state index contributed by atoms with van der Waals surface area (Å²) in [7, 11) is -9.94. The lowest BCUT2D eigenvalue weighted by molar-refractivity contribution is -0.161. The Morgan fingerprint density at radius 2 is 0.542 bits per heavy atom. The normalized spacial score (nSPS) is 14.4. The van der Waals surface area contributed by atoms with Gasteiger partial charge in [-0.2, -0.15) is 0 Å². The summed E-state index contributed by atoms with van der Waals surface area (Å²) in [4.78, 5) is 72.8. The van der Waals surface area contributed by atoms with E-state index < -0.39 is 97.5 Å². The van der Waals surface area contributed by atoms with Crippen LogP contribution in [0.2, 0.25) is 0 Å². The van der Waals surface area contributed by atoms with Gasteiger partial charge in [0.2, 0.25) is 0 Å². The summed E-state index contributed by atoms with van der Waals surface area (Å²) in [5, 5.41) is 10.6. The summed E-state index contributed by atoms with van der Waals surface area (Å²) in [5.41, 5.74) is 0. The molecule has 0 saturated carbocycles. The zero-order chi connectivity index (χ0) is 70.4. The number of phosphoric ester groups is 2. The lowest BCUT2D eigenvalue weighted by Crippen LogP contribution is -2.30. The van der Waals surface area contributed by atoms with E-state index >= 15 is 0 Å². The van der Waals surface area contributed by atoms with Gasteiger partial charge in [-0.1, -0.05) is 267 Å². The van der Waals surface area contributed by atoms with E-state index in [1.807, 2.05) is 0 Å². The maximum Gasteiger partial charge on any atom is 0.472 e. The summed E-state index contributed by atoms with van der Waals surface area (Å²) in [6.07, 6.45) is 70.0. The molecule has 0 spiro atoms. The number of hydrogen-bond donors (Lipinski definition) is 3. The molecule has 0 rings (SSSR count). The molecule has 96 heavy (non-hydrogen) atoms. The number of unbranched alkanes of at least 4 members (excludes halogenated alkanes) is 31. The van der Waals surface area contributed by atoms with Crippen LogP contribution >= 0.6 is 15.6 Å². The zero-order valence-corrected chi connectivity index (χ0v) is 62.3. The molecule has 0 aromatic carbocycles. The van der Waals surface area contributed by atoms with E-state index in [9.17, 15) is 43.2 Å². The Balaban J connectivity index is 5.31. The molecule has 19 heteroatoms. The fraction of sp³-hybridized carbons (Fsp3) is 0.766. The van der Waals surface area contributed by atoms with Crippen molar-refractivity contribution in [2.45, 2.75) is 341 Å². The summed E-state index contributed by atoms with van der Waals surface area (Å²) < 4.78 is 68.4. The Hall–Kier alpha value is -3.76. The molecule has 0 radical (unpaired) electrons. The highest BCUT2D eigenvalue weighted by atomic mass is 31.2. The molecule has 0 aliphatic heterocycles. The maximum absolute atomic E-state index is 13.1. The van der Waals surface area contributed by atoms with Crippen molar-refractivity contribution in [3.05, 3.63) is 85.1 Å². The Morgan fingerprint density at radius 1 is 0.302 bits per heavy atom. The average Bonchev–Trinajstić information content (AvgIpc) is 1.13. The van der Waals surface area contributed by atoms with Crippen LogP contribution < -0.4 is 0 Å². The molecule has 0 saturated heterocycles. The topological polar surface area (TPSA) is 237 Å². The van der Waals surface area contributed by atoms with E-state index in [4.69, 9.17) is 37.0 Å². The number of hydrogen-bond acceptors (Lipinski definition) is 15. The van der Waals surface area contributed by atoms with E-state index in [0.29, 0.717) is 25.7 Å². The van der Waals surface area contributed by atoms with Gasteiger partial charge in [-0.25, -0.2) is 9.13 Å². The molecule has 5 atom stereocenters. The monoisotopic (exact) mass is 1390 g/mol. The van der Waals surface area contributed by atoms with Crippen molar-refractivity contribution >= 4 is 39.5 Å². The van der Waals surface area contributed by atoms with Crippen LogP contribution in [-0.2, 0) is 65.4 Å². The first-order valence-corrected chi connectivity index (χ1v) is 40.8. The van der Waals surface area contributed by atoms with Gasteiger partial charge in [0.25, 0.3) is 0 Å². The fourth-order valence-corrected chi connectivity index (χ4v) is 11.7. The molecular formula is C77H136O17P2. The quantitative estimate of drug-likeness (QED) is 0.0169. The van der Waals surface area contributed by atoms with Crippen molar-refractivity contribution in [2.75, 3.05) is 39.6 Å². The lowest BCUT2D eigenvalue weighted by Gasteiger charge is -2.21. The summed E-state index contributed by atoms with van der Waals surface area (Å²) in [5.74, 6) is -2.19. The Labute approximate surface area is 583 Å². The van der Waals surface area contributed by atoms with Crippen LogP contribution in [0.1, 0.15) is 323 Å². The van der Waals surface area contributed by atoms with Gasteiger partial charge >= 0.3 is 39.5 Å². The Kier molecular flexibility index (Phi) is 67.0. The average molecular weight is 1400 g/mol. The second-order valence-corrected chi connectivity index (χ2v) is 28.1. The molecule has 0 aliphatic rings. The molecule has 0 aromatic rings. The fourth-order valence-electron chi connectivity index (χ4n) is 10.1. The Morgan fingerprint density at radius 3 is 0.854 bits per heavy atom. The van der Waals surface area contributed by atoms with E-state index in [1.165, 1.54) is 64.2 Å². The molecule has 0 amide bonds. The molecule has 0 heterocycles. The second-order valence-electron chi connectivity index (χ2n) is 25.2.